The molecule has 0 saturated carbocycles. The van der Waals surface area contributed by atoms with Crippen molar-refractivity contribution in [2.45, 2.75) is 39.3 Å². The smallest absolute Gasteiger partial charge is 0.410 e. The maximum atomic E-state index is 12.3. The molecule has 138 valence electrons. The Morgan fingerprint density at radius 1 is 1.28 bits per heavy atom. The number of methoxy groups -OCH3 is 1. The molecule has 0 spiro atoms. The van der Waals surface area contributed by atoms with Crippen molar-refractivity contribution in [3.63, 3.8) is 0 Å². The number of carbonyl (C=O) groups is 2. The minimum absolute atomic E-state index is 0.00390. The third kappa shape index (κ3) is 4.84. The van der Waals surface area contributed by atoms with Crippen molar-refractivity contribution >= 4 is 33.7 Å². The highest BCUT2D eigenvalue weighted by Crippen LogP contribution is 2.27. The predicted molar refractivity (Wildman–Crippen MR) is 97.9 cm³/mol. The lowest BCUT2D eigenvalue weighted by atomic mass is 10.1. The monoisotopic (exact) mass is 413 g/mol. The third-order valence-electron chi connectivity index (χ3n) is 3.82. The molecule has 8 heteroatoms. The molecule has 0 unspecified atom stereocenters. The quantitative estimate of drug-likeness (QED) is 0.547. The molecule has 2 rings (SSSR count). The number of esters is 1. The Morgan fingerprint density at radius 3 is 2.48 bits per heavy atom. The molecule has 1 atom stereocenters. The van der Waals surface area contributed by atoms with Crippen molar-refractivity contribution in [2.24, 2.45) is 0 Å². The SMILES string of the molecule is COC(=O)c1ccc(N2CCN(C(=O)OC(C)(C)C)[C@H](C)C2)c(Br)n1. The summed E-state index contributed by atoms with van der Waals surface area (Å²) < 4.78 is 10.7. The van der Waals surface area contributed by atoms with Crippen molar-refractivity contribution in [3.8, 4) is 0 Å². The molecular weight excluding hydrogens is 390 g/mol. The van der Waals surface area contributed by atoms with Gasteiger partial charge < -0.3 is 19.3 Å². The number of aromatic nitrogens is 1. The van der Waals surface area contributed by atoms with E-state index < -0.39 is 11.6 Å². The molecule has 25 heavy (non-hydrogen) atoms. The van der Waals surface area contributed by atoms with Crippen LogP contribution in [0.4, 0.5) is 10.5 Å². The van der Waals surface area contributed by atoms with Crippen molar-refractivity contribution in [1.29, 1.82) is 0 Å². The number of pyridine rings is 1. The van der Waals surface area contributed by atoms with Gasteiger partial charge in [-0.2, -0.15) is 0 Å². The first kappa shape index (κ1) is 19.5. The van der Waals surface area contributed by atoms with Gasteiger partial charge in [0, 0.05) is 25.7 Å². The third-order valence-corrected chi connectivity index (χ3v) is 4.40. The number of rotatable bonds is 2. The van der Waals surface area contributed by atoms with Crippen molar-refractivity contribution in [3.05, 3.63) is 22.4 Å². The van der Waals surface area contributed by atoms with Crippen molar-refractivity contribution in [1.82, 2.24) is 9.88 Å². The van der Waals surface area contributed by atoms with Gasteiger partial charge in [0.1, 0.15) is 15.9 Å². The first-order valence-corrected chi connectivity index (χ1v) is 8.91. The summed E-state index contributed by atoms with van der Waals surface area (Å²) in [5, 5.41) is 0. The van der Waals surface area contributed by atoms with Gasteiger partial charge in [0.25, 0.3) is 0 Å². The summed E-state index contributed by atoms with van der Waals surface area (Å²) in [6.45, 7) is 9.42. The van der Waals surface area contributed by atoms with Gasteiger partial charge in [0.15, 0.2) is 0 Å². The summed E-state index contributed by atoms with van der Waals surface area (Å²) in [5.74, 6) is -0.477. The molecule has 0 bridgehead atoms. The highest BCUT2D eigenvalue weighted by molar-refractivity contribution is 9.10. The van der Waals surface area contributed by atoms with E-state index in [-0.39, 0.29) is 17.8 Å². The highest BCUT2D eigenvalue weighted by atomic mass is 79.9. The number of halogens is 1. The van der Waals surface area contributed by atoms with E-state index in [4.69, 9.17) is 4.74 Å². The second-order valence-electron chi connectivity index (χ2n) is 6.97. The number of hydrogen-bond donors (Lipinski definition) is 0. The van der Waals surface area contributed by atoms with Crippen LogP contribution < -0.4 is 4.90 Å². The Kier molecular flexibility index (Phi) is 5.92. The number of amides is 1. The second-order valence-corrected chi connectivity index (χ2v) is 7.72. The summed E-state index contributed by atoms with van der Waals surface area (Å²) in [4.78, 5) is 32.0. The summed E-state index contributed by atoms with van der Waals surface area (Å²) >= 11 is 3.42. The fourth-order valence-electron chi connectivity index (χ4n) is 2.65. The first-order valence-electron chi connectivity index (χ1n) is 8.12. The lowest BCUT2D eigenvalue weighted by molar-refractivity contribution is 0.0158. The molecule has 0 aromatic carbocycles. The van der Waals surface area contributed by atoms with E-state index in [0.29, 0.717) is 24.2 Å². The zero-order chi connectivity index (χ0) is 18.8. The zero-order valence-corrected chi connectivity index (χ0v) is 16.8. The van der Waals surface area contributed by atoms with E-state index in [1.807, 2.05) is 33.8 Å². The van der Waals surface area contributed by atoms with Crippen LogP contribution >= 0.6 is 15.9 Å². The van der Waals surface area contributed by atoms with E-state index >= 15 is 0 Å². The van der Waals surface area contributed by atoms with E-state index in [0.717, 1.165) is 5.69 Å². The van der Waals surface area contributed by atoms with E-state index in [9.17, 15) is 9.59 Å². The maximum Gasteiger partial charge on any atom is 0.410 e. The Bertz CT molecular complexity index is 660. The van der Waals surface area contributed by atoms with Crippen LogP contribution in [0.5, 0.6) is 0 Å². The van der Waals surface area contributed by atoms with Crippen LogP contribution in [0, 0.1) is 0 Å². The van der Waals surface area contributed by atoms with Crippen LogP contribution in [0.1, 0.15) is 38.2 Å². The summed E-state index contributed by atoms with van der Waals surface area (Å²) in [7, 11) is 1.32. The molecule has 0 aliphatic carbocycles. The molecule has 1 saturated heterocycles. The molecule has 1 aliphatic heterocycles. The Morgan fingerprint density at radius 2 is 1.96 bits per heavy atom. The standard InChI is InChI=1S/C17H24BrN3O4/c1-11-10-20(8-9-21(11)16(23)25-17(2,3)4)13-7-6-12(15(22)24-5)19-14(13)18/h6-7,11H,8-10H2,1-5H3/t11-/m1/s1. The number of nitrogens with zero attached hydrogens (tertiary/aromatic N) is 3. The molecule has 1 aromatic heterocycles. The number of anilines is 1. The normalized spacial score (nSPS) is 18.1. The largest absolute Gasteiger partial charge is 0.464 e. The average Bonchev–Trinajstić information content (AvgIpc) is 2.52. The summed E-state index contributed by atoms with van der Waals surface area (Å²) in [6, 6.07) is 3.46. The molecule has 1 aromatic rings. The van der Waals surface area contributed by atoms with Gasteiger partial charge in [-0.15, -0.1) is 0 Å². The van der Waals surface area contributed by atoms with Gasteiger partial charge in [0.05, 0.1) is 12.8 Å². The van der Waals surface area contributed by atoms with Crippen LogP contribution in [-0.4, -0.2) is 60.3 Å². The fraction of sp³-hybridized carbons (Fsp3) is 0.588. The molecular formula is C17H24BrN3O4. The molecule has 1 fully saturated rings. The van der Waals surface area contributed by atoms with Gasteiger partial charge in [-0.3, -0.25) is 0 Å². The van der Waals surface area contributed by atoms with Crippen molar-refractivity contribution < 1.29 is 19.1 Å². The highest BCUT2D eigenvalue weighted by Gasteiger charge is 2.31. The second kappa shape index (κ2) is 7.59. The van der Waals surface area contributed by atoms with Gasteiger partial charge in [0.2, 0.25) is 0 Å². The van der Waals surface area contributed by atoms with E-state index in [1.165, 1.54) is 7.11 Å². The minimum atomic E-state index is -0.509. The maximum absolute atomic E-state index is 12.3. The molecule has 2 heterocycles. The molecule has 1 amide bonds. The Labute approximate surface area is 156 Å². The molecule has 7 nitrogen and oxygen atoms in total. The van der Waals surface area contributed by atoms with E-state index in [2.05, 4.69) is 30.6 Å². The van der Waals surface area contributed by atoms with Gasteiger partial charge >= 0.3 is 12.1 Å². The van der Waals surface area contributed by atoms with Gasteiger partial charge in [-0.25, -0.2) is 14.6 Å². The lowest BCUT2D eigenvalue weighted by Crippen LogP contribution is -2.55. The first-order chi connectivity index (χ1) is 11.6. The average molecular weight is 414 g/mol. The van der Waals surface area contributed by atoms with Gasteiger partial charge in [-0.05, 0) is 55.8 Å². The van der Waals surface area contributed by atoms with Crippen LogP contribution in [0.2, 0.25) is 0 Å². The molecule has 0 N–H and O–H groups in total. The van der Waals surface area contributed by atoms with Crippen LogP contribution in [-0.2, 0) is 9.47 Å². The lowest BCUT2D eigenvalue weighted by Gasteiger charge is -2.41. The van der Waals surface area contributed by atoms with E-state index in [1.54, 1.807) is 11.0 Å². The number of ether oxygens (including phenoxy) is 2. The Balaban J connectivity index is 2.08. The number of piperazine rings is 1. The van der Waals surface area contributed by atoms with Crippen LogP contribution in [0.15, 0.2) is 16.7 Å². The summed E-state index contributed by atoms with van der Waals surface area (Å²) in [6.07, 6.45) is -0.294. The minimum Gasteiger partial charge on any atom is -0.464 e. The summed E-state index contributed by atoms with van der Waals surface area (Å²) in [5.41, 5.74) is 0.617. The molecule has 0 radical (unpaired) electrons. The fourth-order valence-corrected chi connectivity index (χ4v) is 3.22. The Hall–Kier alpha value is -1.83. The van der Waals surface area contributed by atoms with Gasteiger partial charge in [-0.1, -0.05) is 0 Å². The molecule has 1 aliphatic rings. The predicted octanol–water partition coefficient (Wildman–Crippen LogP) is 3.08. The van der Waals surface area contributed by atoms with Crippen molar-refractivity contribution in [2.75, 3.05) is 31.6 Å². The number of hydrogen-bond acceptors (Lipinski definition) is 6. The van der Waals surface area contributed by atoms with Crippen LogP contribution in [0.3, 0.4) is 0 Å². The number of carbonyl (C=O) groups excluding carboxylic acids is 2. The topological polar surface area (TPSA) is 72.0 Å². The zero-order valence-electron chi connectivity index (χ0n) is 15.2. The van der Waals surface area contributed by atoms with Crippen LogP contribution in [0.25, 0.3) is 0 Å².